The molecule has 0 aliphatic rings. The summed E-state index contributed by atoms with van der Waals surface area (Å²) < 4.78 is 26.9. The molecule has 1 aromatic heterocycles. The largest absolute Gasteiger partial charge is 0.315 e. The van der Waals surface area contributed by atoms with Gasteiger partial charge in [0.2, 0.25) is 10.0 Å². The molecule has 5 nitrogen and oxygen atoms in total. The average Bonchev–Trinajstić information content (AvgIpc) is 2.42. The van der Waals surface area contributed by atoms with Crippen molar-refractivity contribution in [3.05, 3.63) is 51.9 Å². The molecule has 0 unspecified atom stereocenters. The van der Waals surface area contributed by atoms with E-state index < -0.39 is 10.0 Å². The fourth-order valence-corrected chi connectivity index (χ4v) is 2.93. The molecular formula is C16H20N2O3S. The molecular weight excluding hydrogens is 300 g/mol. The zero-order valence-electron chi connectivity index (χ0n) is 13.2. The van der Waals surface area contributed by atoms with Gasteiger partial charge in [0.15, 0.2) is 0 Å². The van der Waals surface area contributed by atoms with Crippen molar-refractivity contribution in [2.75, 3.05) is 11.0 Å². The molecule has 0 saturated carbocycles. The monoisotopic (exact) mass is 320 g/mol. The normalized spacial score (nSPS) is 11.5. The second kappa shape index (κ2) is 5.96. The van der Waals surface area contributed by atoms with E-state index in [4.69, 9.17) is 0 Å². The topological polar surface area (TPSA) is 68.2 Å². The maximum Gasteiger partial charge on any atom is 0.253 e. The van der Waals surface area contributed by atoms with Gasteiger partial charge in [0.05, 0.1) is 6.26 Å². The van der Waals surface area contributed by atoms with E-state index in [2.05, 4.69) is 4.72 Å². The summed E-state index contributed by atoms with van der Waals surface area (Å²) in [5.41, 5.74) is 3.98. The van der Waals surface area contributed by atoms with E-state index in [1.165, 1.54) is 0 Å². The number of rotatable bonds is 4. The Hall–Kier alpha value is -2.08. The molecule has 0 amide bonds. The smallest absolute Gasteiger partial charge is 0.253 e. The van der Waals surface area contributed by atoms with Crippen LogP contribution in [0.15, 0.2) is 35.3 Å². The lowest BCUT2D eigenvalue weighted by atomic mass is 10.0. The molecule has 0 fully saturated rings. The van der Waals surface area contributed by atoms with Crippen LogP contribution in [0, 0.1) is 13.8 Å². The van der Waals surface area contributed by atoms with Gasteiger partial charge in [-0.05, 0) is 55.7 Å². The number of hydrogen-bond acceptors (Lipinski definition) is 3. The predicted octanol–water partition coefficient (Wildman–Crippen LogP) is 2.52. The highest BCUT2D eigenvalue weighted by atomic mass is 32.2. The van der Waals surface area contributed by atoms with Gasteiger partial charge in [0, 0.05) is 24.0 Å². The van der Waals surface area contributed by atoms with Gasteiger partial charge in [0.25, 0.3) is 5.56 Å². The van der Waals surface area contributed by atoms with Crippen molar-refractivity contribution in [3.8, 4) is 11.1 Å². The Morgan fingerprint density at radius 2 is 1.82 bits per heavy atom. The summed E-state index contributed by atoms with van der Waals surface area (Å²) in [5, 5.41) is 0. The molecule has 1 heterocycles. The molecule has 0 aliphatic heterocycles. The van der Waals surface area contributed by atoms with Crippen LogP contribution in [0.3, 0.4) is 0 Å². The van der Waals surface area contributed by atoms with Gasteiger partial charge in [-0.25, -0.2) is 8.42 Å². The van der Waals surface area contributed by atoms with Crippen LogP contribution in [0.4, 0.5) is 5.69 Å². The number of benzene rings is 1. The number of pyridine rings is 1. The van der Waals surface area contributed by atoms with Crippen LogP contribution in [-0.4, -0.2) is 19.2 Å². The maximum absolute atomic E-state index is 12.0. The molecule has 0 bridgehead atoms. The third kappa shape index (κ3) is 3.57. The van der Waals surface area contributed by atoms with Crippen molar-refractivity contribution in [2.45, 2.75) is 27.3 Å². The Balaban J connectivity index is 2.59. The van der Waals surface area contributed by atoms with E-state index in [9.17, 15) is 13.2 Å². The number of sulfonamides is 1. The summed E-state index contributed by atoms with van der Waals surface area (Å²) in [5.74, 6) is 0. The first-order valence-corrected chi connectivity index (χ1v) is 8.90. The van der Waals surface area contributed by atoms with Gasteiger partial charge in [-0.2, -0.15) is 0 Å². The van der Waals surface area contributed by atoms with Crippen LogP contribution < -0.4 is 10.3 Å². The predicted molar refractivity (Wildman–Crippen MR) is 89.8 cm³/mol. The van der Waals surface area contributed by atoms with Crippen molar-refractivity contribution in [2.24, 2.45) is 0 Å². The SMILES string of the molecule is CCn1cc(-c2cc(NS(C)(=O)=O)ccc2C)cc(C)c1=O. The van der Waals surface area contributed by atoms with Crippen LogP contribution in [0.1, 0.15) is 18.1 Å². The van der Waals surface area contributed by atoms with Crippen LogP contribution >= 0.6 is 0 Å². The van der Waals surface area contributed by atoms with Crippen molar-refractivity contribution in [3.63, 3.8) is 0 Å². The van der Waals surface area contributed by atoms with Crippen LogP contribution in [-0.2, 0) is 16.6 Å². The lowest BCUT2D eigenvalue weighted by Gasteiger charge is -2.13. The van der Waals surface area contributed by atoms with Gasteiger partial charge in [-0.15, -0.1) is 0 Å². The molecule has 6 heteroatoms. The van der Waals surface area contributed by atoms with E-state index in [1.54, 1.807) is 23.6 Å². The summed E-state index contributed by atoms with van der Waals surface area (Å²) in [6.07, 6.45) is 2.93. The Kier molecular flexibility index (Phi) is 4.42. The first-order chi connectivity index (χ1) is 10.2. The first kappa shape index (κ1) is 16.3. The Morgan fingerprint density at radius 1 is 1.14 bits per heavy atom. The highest BCUT2D eigenvalue weighted by Gasteiger charge is 2.09. The van der Waals surface area contributed by atoms with Crippen molar-refractivity contribution < 1.29 is 8.42 Å². The molecule has 0 spiro atoms. The molecule has 2 rings (SSSR count). The van der Waals surface area contributed by atoms with Gasteiger partial charge in [-0.3, -0.25) is 9.52 Å². The molecule has 22 heavy (non-hydrogen) atoms. The van der Waals surface area contributed by atoms with Gasteiger partial charge < -0.3 is 4.57 Å². The van der Waals surface area contributed by atoms with Crippen molar-refractivity contribution in [1.29, 1.82) is 0 Å². The zero-order chi connectivity index (χ0) is 16.5. The van der Waals surface area contributed by atoms with E-state index in [1.807, 2.05) is 32.2 Å². The standard InChI is InChI=1S/C16H20N2O3S/c1-5-18-10-13(8-12(3)16(18)19)15-9-14(7-6-11(15)2)17-22(4,20)21/h6-10,17H,5H2,1-4H3. The van der Waals surface area contributed by atoms with E-state index >= 15 is 0 Å². The number of hydrogen-bond donors (Lipinski definition) is 1. The first-order valence-electron chi connectivity index (χ1n) is 7.01. The molecule has 1 N–H and O–H groups in total. The maximum atomic E-state index is 12.0. The van der Waals surface area contributed by atoms with Crippen LogP contribution in [0.2, 0.25) is 0 Å². The summed E-state index contributed by atoms with van der Waals surface area (Å²) in [6.45, 7) is 6.25. The molecule has 1 aromatic carbocycles. The van der Waals surface area contributed by atoms with Crippen LogP contribution in [0.25, 0.3) is 11.1 Å². The molecule has 0 radical (unpaired) electrons. The van der Waals surface area contributed by atoms with Crippen LogP contribution in [0.5, 0.6) is 0 Å². The summed E-state index contributed by atoms with van der Waals surface area (Å²) in [7, 11) is -3.32. The molecule has 2 aromatic rings. The molecule has 118 valence electrons. The third-order valence-corrected chi connectivity index (χ3v) is 4.06. The van der Waals surface area contributed by atoms with Gasteiger partial charge >= 0.3 is 0 Å². The Bertz CT molecular complexity index is 867. The molecule has 0 atom stereocenters. The van der Waals surface area contributed by atoms with E-state index in [0.717, 1.165) is 22.9 Å². The number of aromatic nitrogens is 1. The fraction of sp³-hybridized carbons (Fsp3) is 0.312. The number of nitrogens with one attached hydrogen (secondary N) is 1. The number of anilines is 1. The number of nitrogens with zero attached hydrogens (tertiary/aromatic N) is 1. The second-order valence-electron chi connectivity index (χ2n) is 5.41. The summed E-state index contributed by atoms with van der Waals surface area (Å²) in [6, 6.07) is 7.21. The number of aryl methyl sites for hydroxylation is 3. The minimum absolute atomic E-state index is 0.00526. The zero-order valence-corrected chi connectivity index (χ0v) is 14.0. The van der Waals surface area contributed by atoms with E-state index in [-0.39, 0.29) is 5.56 Å². The quantitative estimate of drug-likeness (QED) is 0.941. The highest BCUT2D eigenvalue weighted by Crippen LogP contribution is 2.27. The second-order valence-corrected chi connectivity index (χ2v) is 7.16. The highest BCUT2D eigenvalue weighted by molar-refractivity contribution is 7.92. The lowest BCUT2D eigenvalue weighted by molar-refractivity contribution is 0.607. The third-order valence-electron chi connectivity index (χ3n) is 3.46. The molecule has 0 aliphatic carbocycles. The summed E-state index contributed by atoms with van der Waals surface area (Å²) in [4.78, 5) is 12.0. The minimum Gasteiger partial charge on any atom is -0.315 e. The minimum atomic E-state index is -3.32. The van der Waals surface area contributed by atoms with Gasteiger partial charge in [0.1, 0.15) is 0 Å². The van der Waals surface area contributed by atoms with Crippen molar-refractivity contribution in [1.82, 2.24) is 4.57 Å². The van der Waals surface area contributed by atoms with Crippen molar-refractivity contribution >= 4 is 15.7 Å². The lowest BCUT2D eigenvalue weighted by Crippen LogP contribution is -2.20. The molecule has 0 saturated heterocycles. The van der Waals surface area contributed by atoms with Gasteiger partial charge in [-0.1, -0.05) is 6.07 Å². The Labute approximate surface area is 130 Å². The average molecular weight is 320 g/mol. The summed E-state index contributed by atoms with van der Waals surface area (Å²) >= 11 is 0. The Morgan fingerprint density at radius 3 is 2.41 bits per heavy atom. The fourth-order valence-electron chi connectivity index (χ4n) is 2.38. The van der Waals surface area contributed by atoms with E-state index in [0.29, 0.717) is 17.8 Å².